The number of amides is 3. The molecular formula is C64H72N10O5S. The summed E-state index contributed by atoms with van der Waals surface area (Å²) >= 11 is 0. The van der Waals surface area contributed by atoms with Gasteiger partial charge < -0.3 is 24.7 Å². The van der Waals surface area contributed by atoms with Crippen molar-refractivity contribution in [2.24, 2.45) is 11.8 Å². The average Bonchev–Trinajstić information content (AvgIpc) is 4.11. The Morgan fingerprint density at radius 3 is 1.44 bits per heavy atom. The average molecular weight is 1090 g/mol. The van der Waals surface area contributed by atoms with Crippen LogP contribution in [0.4, 0.5) is 0 Å². The van der Waals surface area contributed by atoms with E-state index in [0.717, 1.165) is 68.0 Å². The maximum atomic E-state index is 13.3. The van der Waals surface area contributed by atoms with Crippen LogP contribution >= 0.6 is 0 Å². The van der Waals surface area contributed by atoms with Crippen molar-refractivity contribution < 1.29 is 22.8 Å². The summed E-state index contributed by atoms with van der Waals surface area (Å²) in [4.78, 5) is 50.0. The van der Waals surface area contributed by atoms with E-state index in [-0.39, 0.29) is 67.6 Å². The molecule has 4 atom stereocenters. The Bertz CT molecular complexity index is 3550. The van der Waals surface area contributed by atoms with E-state index in [1.807, 2.05) is 120 Å². The molecule has 0 saturated carbocycles. The third-order valence-corrected chi connectivity index (χ3v) is 16.1. The number of hydrogen-bond acceptors (Lipinski definition) is 9. The summed E-state index contributed by atoms with van der Waals surface area (Å²) in [6, 6.07) is 46.6. The Balaban J connectivity index is 0.000000231. The van der Waals surface area contributed by atoms with Gasteiger partial charge in [0.2, 0.25) is 27.7 Å². The maximum Gasteiger partial charge on any atom is 0.226 e. The van der Waals surface area contributed by atoms with E-state index in [0.29, 0.717) is 43.7 Å². The first kappa shape index (κ1) is 59.2. The fraction of sp³-hybridized carbons (Fsp3) is 0.328. The third kappa shape index (κ3) is 16.3. The highest BCUT2D eigenvalue weighted by Gasteiger charge is 2.28. The van der Waals surface area contributed by atoms with Crippen molar-refractivity contribution in [3.63, 3.8) is 0 Å². The van der Waals surface area contributed by atoms with Crippen LogP contribution in [0.15, 0.2) is 159 Å². The number of nitrogens with zero attached hydrogens (tertiary/aromatic N) is 8. The van der Waals surface area contributed by atoms with Gasteiger partial charge in [0, 0.05) is 81.6 Å². The second-order valence-electron chi connectivity index (χ2n) is 20.6. The summed E-state index contributed by atoms with van der Waals surface area (Å²) in [7, 11) is -3.55. The van der Waals surface area contributed by atoms with Gasteiger partial charge in [0.1, 0.15) is 0 Å². The molecule has 0 aliphatic carbocycles. The van der Waals surface area contributed by atoms with Gasteiger partial charge in [0.15, 0.2) is 0 Å². The summed E-state index contributed by atoms with van der Waals surface area (Å²) in [6.45, 7) is 12.6. The van der Waals surface area contributed by atoms with Crippen molar-refractivity contribution in [2.45, 2.75) is 105 Å². The van der Waals surface area contributed by atoms with Crippen LogP contribution in [0.5, 0.6) is 0 Å². The number of hydrogen-bond donors (Lipinski definition) is 2. The zero-order valence-corrected chi connectivity index (χ0v) is 47.4. The molecule has 414 valence electrons. The molecule has 8 rings (SSSR count). The lowest BCUT2D eigenvalue weighted by atomic mass is 9.97. The highest BCUT2D eigenvalue weighted by Crippen LogP contribution is 2.24. The molecule has 0 aliphatic heterocycles. The van der Waals surface area contributed by atoms with Gasteiger partial charge in [-0.05, 0) is 79.9 Å². The van der Waals surface area contributed by atoms with Gasteiger partial charge in [0.25, 0.3) is 0 Å². The van der Waals surface area contributed by atoms with Crippen LogP contribution < -0.4 is 10.6 Å². The highest BCUT2D eigenvalue weighted by atomic mass is 32.2. The largest absolute Gasteiger partial charge is 0.351 e. The molecule has 0 fully saturated rings. The third-order valence-electron chi connectivity index (χ3n) is 14.9. The Morgan fingerprint density at radius 2 is 1.01 bits per heavy atom. The van der Waals surface area contributed by atoms with E-state index < -0.39 is 10.0 Å². The van der Waals surface area contributed by atoms with Crippen LogP contribution in [0.2, 0.25) is 0 Å². The molecule has 3 amide bonds. The minimum atomic E-state index is -3.55. The lowest BCUT2D eigenvalue weighted by Crippen LogP contribution is -2.49. The predicted molar refractivity (Wildman–Crippen MR) is 314 cm³/mol. The fourth-order valence-electron chi connectivity index (χ4n) is 9.70. The molecule has 2 heterocycles. The topological polar surface area (TPSA) is 199 Å². The first-order chi connectivity index (χ1) is 38.6. The first-order valence-corrected chi connectivity index (χ1v) is 29.1. The molecule has 80 heavy (non-hydrogen) atoms. The molecule has 0 spiro atoms. The SMILES string of the molecule is CCC(=O)N(Cc1cccc2ccccc12)C[C@@H](NC(=O)Cc1cncn1Cc1ccc(C#N)cc1)[C@@H](C)CC.CC[C@H](C)[C@@H](CN(Cc1cccc2ccccc12)S(C)(=O)=O)NC(=O)Cc1cncn1Cc1ccc(C#N)cc1. The maximum absolute atomic E-state index is 13.3. The molecule has 6 aromatic carbocycles. The lowest BCUT2D eigenvalue weighted by Gasteiger charge is -2.32. The van der Waals surface area contributed by atoms with Crippen molar-refractivity contribution >= 4 is 49.3 Å². The second kappa shape index (κ2) is 28.4. The zero-order chi connectivity index (χ0) is 57.2. The molecule has 8 aromatic rings. The normalized spacial score (nSPS) is 12.8. The number of rotatable bonds is 24. The number of nitriles is 2. The summed E-state index contributed by atoms with van der Waals surface area (Å²) < 4.78 is 31.1. The molecule has 16 heteroatoms. The molecule has 0 bridgehead atoms. The van der Waals surface area contributed by atoms with E-state index in [9.17, 15) is 22.8 Å². The molecule has 0 radical (unpaired) electrons. The van der Waals surface area contributed by atoms with Gasteiger partial charge in [-0.3, -0.25) is 14.4 Å². The molecule has 0 unspecified atom stereocenters. The number of carbonyl (C=O) groups excluding carboxylic acids is 3. The van der Waals surface area contributed by atoms with Gasteiger partial charge in [-0.1, -0.05) is 157 Å². The van der Waals surface area contributed by atoms with Gasteiger partial charge in [-0.15, -0.1) is 0 Å². The van der Waals surface area contributed by atoms with Gasteiger partial charge in [-0.25, -0.2) is 18.4 Å². The Hall–Kier alpha value is -8.44. The number of benzene rings is 6. The number of nitrogens with one attached hydrogen (secondary N) is 2. The van der Waals surface area contributed by atoms with Crippen molar-refractivity contribution in [3.05, 3.63) is 203 Å². The summed E-state index contributed by atoms with van der Waals surface area (Å²) in [6.07, 6.45) is 10.4. The van der Waals surface area contributed by atoms with E-state index in [1.54, 1.807) is 49.3 Å². The number of aromatic nitrogens is 4. The van der Waals surface area contributed by atoms with Gasteiger partial charge in [0.05, 0.1) is 55.0 Å². The molecule has 0 aliphatic rings. The quantitative estimate of drug-likeness (QED) is 0.0591. The van der Waals surface area contributed by atoms with Gasteiger partial charge >= 0.3 is 0 Å². The molecule has 2 aromatic heterocycles. The lowest BCUT2D eigenvalue weighted by molar-refractivity contribution is -0.133. The molecule has 0 saturated heterocycles. The Morgan fingerprint density at radius 1 is 0.588 bits per heavy atom. The van der Waals surface area contributed by atoms with Crippen LogP contribution in [0, 0.1) is 34.5 Å². The monoisotopic (exact) mass is 1090 g/mol. The number of sulfonamides is 1. The van der Waals surface area contributed by atoms with Crippen molar-refractivity contribution in [1.82, 2.24) is 38.9 Å². The molecule has 15 nitrogen and oxygen atoms in total. The molecular weight excluding hydrogens is 1020 g/mol. The zero-order valence-electron chi connectivity index (χ0n) is 46.6. The number of imidazole rings is 2. The summed E-state index contributed by atoms with van der Waals surface area (Å²) in [5.41, 5.74) is 6.80. The van der Waals surface area contributed by atoms with Crippen molar-refractivity contribution in [1.29, 1.82) is 10.5 Å². The Kier molecular flexibility index (Phi) is 21.1. The van der Waals surface area contributed by atoms with E-state index in [4.69, 9.17) is 10.5 Å². The standard InChI is InChI=1S/C33H37N5O2.C31H35N5O3S/c1-4-24(3)31(22-37(33(40)5-2)21-28-11-8-10-27-9-6-7-12-30(27)28)36-32(39)17-29-19-35-23-38(29)20-26-15-13-25(18-34)14-16-26;1-4-23(2)30(21-36(40(3,38)39)20-27-10-7-9-26-8-5-6-11-29(26)27)34-31(37)16-28-18-33-22-35(28)19-25-14-12-24(17-32)13-15-25/h6-16,19,23-24,31H,4-5,17,20-22H2,1-3H3,(H,36,39);5-15,18,22-23,30H,4,16,19-21H2,1-3H3,(H,34,37)/t24-,31+;23-,30+/m00/s1. The van der Waals surface area contributed by atoms with E-state index >= 15 is 0 Å². The smallest absolute Gasteiger partial charge is 0.226 e. The summed E-state index contributed by atoms with van der Waals surface area (Å²) in [5, 5.41) is 28.8. The number of fused-ring (bicyclic) bond motifs is 2. The van der Waals surface area contributed by atoms with Crippen LogP contribution in [0.25, 0.3) is 21.5 Å². The van der Waals surface area contributed by atoms with Crippen molar-refractivity contribution in [2.75, 3.05) is 19.3 Å². The Labute approximate surface area is 471 Å². The van der Waals surface area contributed by atoms with Crippen LogP contribution in [-0.4, -0.2) is 85.9 Å². The van der Waals surface area contributed by atoms with E-state index in [2.05, 4.69) is 70.9 Å². The van der Waals surface area contributed by atoms with Crippen LogP contribution in [-0.2, 0) is 63.4 Å². The highest BCUT2D eigenvalue weighted by molar-refractivity contribution is 7.88. The minimum absolute atomic E-state index is 0.0595. The number of carbonyl (C=O) groups is 3. The summed E-state index contributed by atoms with van der Waals surface area (Å²) in [5.74, 6) is 0.0267. The van der Waals surface area contributed by atoms with Crippen LogP contribution in [0.3, 0.4) is 0 Å². The van der Waals surface area contributed by atoms with Gasteiger partial charge in [-0.2, -0.15) is 14.8 Å². The molecule has 2 N–H and O–H groups in total. The predicted octanol–water partition coefficient (Wildman–Crippen LogP) is 9.96. The minimum Gasteiger partial charge on any atom is -0.351 e. The fourth-order valence-corrected chi connectivity index (χ4v) is 10.5. The van der Waals surface area contributed by atoms with E-state index in [1.165, 1.54) is 10.6 Å². The first-order valence-electron chi connectivity index (χ1n) is 27.3. The van der Waals surface area contributed by atoms with Crippen molar-refractivity contribution in [3.8, 4) is 12.1 Å². The van der Waals surface area contributed by atoms with Crippen LogP contribution in [0.1, 0.15) is 98.6 Å². The second-order valence-corrected chi connectivity index (χ2v) is 22.6.